The maximum atomic E-state index is 6.01. The molecule has 1 aliphatic rings. The lowest BCUT2D eigenvalue weighted by atomic mass is 10.1. The monoisotopic (exact) mass is 299 g/mol. The van der Waals surface area contributed by atoms with Gasteiger partial charge in [0.15, 0.2) is 0 Å². The van der Waals surface area contributed by atoms with E-state index in [4.69, 9.17) is 4.74 Å². The van der Waals surface area contributed by atoms with Gasteiger partial charge in [0.25, 0.3) is 0 Å². The van der Waals surface area contributed by atoms with Crippen molar-refractivity contribution in [1.82, 2.24) is 5.32 Å². The lowest BCUT2D eigenvalue weighted by molar-refractivity contribution is 0.0274. The lowest BCUT2D eigenvalue weighted by Gasteiger charge is -2.24. The third-order valence-corrected chi connectivity index (χ3v) is 5.03. The lowest BCUT2D eigenvalue weighted by Crippen LogP contribution is -2.41. The number of ether oxygens (including phenoxy) is 1. The topological polar surface area (TPSA) is 21.3 Å². The first-order chi connectivity index (χ1) is 10.3. The molecule has 1 saturated heterocycles. The Morgan fingerprint density at radius 3 is 2.48 bits per heavy atom. The summed E-state index contributed by atoms with van der Waals surface area (Å²) in [6, 6.07) is 21.4. The summed E-state index contributed by atoms with van der Waals surface area (Å²) in [6.07, 6.45) is 0. The van der Waals surface area contributed by atoms with Crippen molar-refractivity contribution >= 4 is 11.8 Å². The summed E-state index contributed by atoms with van der Waals surface area (Å²) in [4.78, 5) is 0. The molecule has 3 heteroatoms. The molecule has 0 spiro atoms. The zero-order chi connectivity index (χ0) is 14.5. The van der Waals surface area contributed by atoms with Crippen molar-refractivity contribution in [3.05, 3.63) is 71.8 Å². The van der Waals surface area contributed by atoms with Gasteiger partial charge in [0, 0.05) is 11.5 Å². The predicted molar refractivity (Wildman–Crippen MR) is 89.3 cm³/mol. The molecular weight excluding hydrogens is 278 g/mol. The fourth-order valence-electron chi connectivity index (χ4n) is 2.61. The first kappa shape index (κ1) is 14.6. The Kier molecular flexibility index (Phi) is 4.63. The molecule has 1 fully saturated rings. The Bertz CT molecular complexity index is 560. The van der Waals surface area contributed by atoms with Crippen LogP contribution in [0.25, 0.3) is 0 Å². The van der Waals surface area contributed by atoms with Crippen molar-refractivity contribution in [3.8, 4) is 0 Å². The van der Waals surface area contributed by atoms with Crippen LogP contribution in [-0.2, 0) is 10.5 Å². The molecule has 1 aliphatic heterocycles. The molecule has 0 aliphatic carbocycles. The number of hydrogen-bond acceptors (Lipinski definition) is 3. The average molecular weight is 299 g/mol. The predicted octanol–water partition coefficient (Wildman–Crippen LogP) is 4.00. The van der Waals surface area contributed by atoms with Gasteiger partial charge < -0.3 is 4.74 Å². The molecule has 0 saturated carbocycles. The zero-order valence-electron chi connectivity index (χ0n) is 12.3. The van der Waals surface area contributed by atoms with Crippen LogP contribution in [0.15, 0.2) is 60.7 Å². The van der Waals surface area contributed by atoms with Gasteiger partial charge in [-0.1, -0.05) is 60.7 Å². The molecule has 1 heterocycles. The molecule has 0 amide bonds. The Labute approximate surface area is 130 Å². The normalized spacial score (nSPS) is 25.1. The van der Waals surface area contributed by atoms with E-state index in [1.165, 1.54) is 11.1 Å². The molecule has 1 unspecified atom stereocenters. The maximum Gasteiger partial charge on any atom is 0.126 e. The highest BCUT2D eigenvalue weighted by atomic mass is 32.2. The van der Waals surface area contributed by atoms with Crippen molar-refractivity contribution in [3.63, 3.8) is 0 Å². The van der Waals surface area contributed by atoms with Crippen molar-refractivity contribution < 1.29 is 4.74 Å². The van der Waals surface area contributed by atoms with Crippen LogP contribution in [0.3, 0.4) is 0 Å². The fourth-order valence-corrected chi connectivity index (χ4v) is 3.69. The third-order valence-electron chi connectivity index (χ3n) is 3.74. The van der Waals surface area contributed by atoms with Gasteiger partial charge in [0.1, 0.15) is 5.72 Å². The van der Waals surface area contributed by atoms with E-state index >= 15 is 0 Å². The molecular formula is C18H21NOS. The van der Waals surface area contributed by atoms with Crippen LogP contribution in [0.1, 0.15) is 24.1 Å². The van der Waals surface area contributed by atoms with Gasteiger partial charge in [-0.25, -0.2) is 0 Å². The van der Waals surface area contributed by atoms with Crippen LogP contribution in [0.2, 0.25) is 0 Å². The number of rotatable bonds is 5. The molecule has 0 bridgehead atoms. The van der Waals surface area contributed by atoms with Gasteiger partial charge in [-0.05, 0) is 18.1 Å². The molecule has 3 rings (SSSR count). The van der Waals surface area contributed by atoms with E-state index in [9.17, 15) is 0 Å². The van der Waals surface area contributed by atoms with Crippen LogP contribution in [0, 0.1) is 0 Å². The number of hydrogen-bond donors (Lipinski definition) is 1. The summed E-state index contributed by atoms with van der Waals surface area (Å²) in [5.74, 6) is 1.97. The first-order valence-electron chi connectivity index (χ1n) is 7.33. The second-order valence-corrected chi connectivity index (χ2v) is 6.61. The number of benzene rings is 2. The molecule has 2 aromatic carbocycles. The average Bonchev–Trinajstić information content (AvgIpc) is 2.92. The molecule has 0 radical (unpaired) electrons. The second-order valence-electron chi connectivity index (χ2n) is 5.63. The summed E-state index contributed by atoms with van der Waals surface area (Å²) in [6.45, 7) is 2.89. The van der Waals surface area contributed by atoms with Crippen molar-refractivity contribution in [2.24, 2.45) is 0 Å². The van der Waals surface area contributed by atoms with E-state index in [-0.39, 0.29) is 5.72 Å². The van der Waals surface area contributed by atoms with E-state index in [0.717, 1.165) is 18.1 Å². The molecule has 110 valence electrons. The van der Waals surface area contributed by atoms with Crippen molar-refractivity contribution in [1.29, 1.82) is 0 Å². The Balaban J connectivity index is 1.52. The maximum absolute atomic E-state index is 6.01. The van der Waals surface area contributed by atoms with E-state index in [0.29, 0.717) is 6.04 Å². The molecule has 2 atom stereocenters. The molecule has 0 aromatic heterocycles. The van der Waals surface area contributed by atoms with Gasteiger partial charge >= 0.3 is 0 Å². The summed E-state index contributed by atoms with van der Waals surface area (Å²) >= 11 is 1.91. The minimum atomic E-state index is -0.236. The Hall–Kier alpha value is -1.29. The summed E-state index contributed by atoms with van der Waals surface area (Å²) in [5, 5.41) is 3.63. The molecule has 2 nitrogen and oxygen atoms in total. The smallest absolute Gasteiger partial charge is 0.126 e. The SMILES string of the molecule is CC1(CSCc2ccccc2)N[C@H](c2ccccc2)CO1. The van der Waals surface area contributed by atoms with Crippen molar-refractivity contribution in [2.45, 2.75) is 24.4 Å². The number of nitrogens with one attached hydrogen (secondary N) is 1. The van der Waals surface area contributed by atoms with Crippen LogP contribution in [0.5, 0.6) is 0 Å². The quantitative estimate of drug-likeness (QED) is 0.902. The first-order valence-corrected chi connectivity index (χ1v) is 8.49. The minimum absolute atomic E-state index is 0.236. The van der Waals surface area contributed by atoms with E-state index in [1.54, 1.807) is 0 Å². The highest BCUT2D eigenvalue weighted by Gasteiger charge is 2.35. The largest absolute Gasteiger partial charge is 0.358 e. The fraction of sp³-hybridized carbons (Fsp3) is 0.333. The van der Waals surface area contributed by atoms with Gasteiger partial charge in [0.05, 0.1) is 12.6 Å². The van der Waals surface area contributed by atoms with E-state index < -0.39 is 0 Å². The van der Waals surface area contributed by atoms with Crippen LogP contribution >= 0.6 is 11.8 Å². The molecule has 21 heavy (non-hydrogen) atoms. The van der Waals surface area contributed by atoms with Gasteiger partial charge in [-0.2, -0.15) is 11.8 Å². The van der Waals surface area contributed by atoms with Crippen LogP contribution in [-0.4, -0.2) is 18.1 Å². The number of thioether (sulfide) groups is 1. The minimum Gasteiger partial charge on any atom is -0.358 e. The standard InChI is InChI=1S/C18H21NOS/c1-18(14-21-13-15-8-4-2-5-9-15)19-17(12-20-18)16-10-6-3-7-11-16/h2-11,17,19H,12-14H2,1H3/t17-,18?/m0/s1. The van der Waals surface area contributed by atoms with Crippen LogP contribution in [0.4, 0.5) is 0 Å². The second kappa shape index (κ2) is 6.65. The van der Waals surface area contributed by atoms with Gasteiger partial charge in [0.2, 0.25) is 0 Å². The summed E-state index contributed by atoms with van der Waals surface area (Å²) < 4.78 is 6.01. The van der Waals surface area contributed by atoms with Gasteiger partial charge in [-0.15, -0.1) is 0 Å². The molecule has 2 aromatic rings. The summed E-state index contributed by atoms with van der Waals surface area (Å²) in [7, 11) is 0. The van der Waals surface area contributed by atoms with E-state index in [2.05, 4.69) is 66.8 Å². The third kappa shape index (κ3) is 3.88. The molecule has 1 N–H and O–H groups in total. The van der Waals surface area contributed by atoms with Crippen LogP contribution < -0.4 is 5.32 Å². The highest BCUT2D eigenvalue weighted by Crippen LogP contribution is 2.29. The van der Waals surface area contributed by atoms with Gasteiger partial charge in [-0.3, -0.25) is 5.32 Å². The summed E-state index contributed by atoms with van der Waals surface area (Å²) in [5.41, 5.74) is 2.43. The van der Waals surface area contributed by atoms with E-state index in [1.807, 2.05) is 17.8 Å². The Morgan fingerprint density at radius 2 is 1.76 bits per heavy atom. The Morgan fingerprint density at radius 1 is 1.10 bits per heavy atom. The zero-order valence-corrected chi connectivity index (χ0v) is 13.1. The van der Waals surface area contributed by atoms with Crippen molar-refractivity contribution in [2.75, 3.05) is 12.4 Å². The highest BCUT2D eigenvalue weighted by molar-refractivity contribution is 7.98.